The van der Waals surface area contributed by atoms with Gasteiger partial charge in [-0.25, -0.2) is 9.97 Å². The number of rotatable bonds is 2. The van der Waals surface area contributed by atoms with Crippen LogP contribution in [0.5, 0.6) is 0 Å². The molecule has 4 nitrogen and oxygen atoms in total. The third kappa shape index (κ3) is 1.81. The van der Waals surface area contributed by atoms with Gasteiger partial charge in [-0.3, -0.25) is 0 Å². The van der Waals surface area contributed by atoms with Gasteiger partial charge in [-0.15, -0.1) is 0 Å². The summed E-state index contributed by atoms with van der Waals surface area (Å²) in [7, 11) is 0. The van der Waals surface area contributed by atoms with Crippen molar-refractivity contribution in [2.75, 3.05) is 31.1 Å². The monoisotopic (exact) mass is 204 g/mol. The molecule has 1 N–H and O–H groups in total. The first-order chi connectivity index (χ1) is 7.45. The molecule has 2 fully saturated rings. The van der Waals surface area contributed by atoms with Crippen LogP contribution in [0.3, 0.4) is 0 Å². The van der Waals surface area contributed by atoms with E-state index in [1.165, 1.54) is 24.2 Å². The van der Waals surface area contributed by atoms with Gasteiger partial charge in [0.25, 0.3) is 0 Å². The predicted octanol–water partition coefficient (Wildman–Crippen LogP) is 0.764. The SMILES string of the molecule is c1ncc(C2CC2)c(N2CCNCC2)n1. The molecule has 1 aromatic heterocycles. The van der Waals surface area contributed by atoms with Crippen molar-refractivity contribution in [1.29, 1.82) is 0 Å². The topological polar surface area (TPSA) is 41.1 Å². The average Bonchev–Trinajstić information content (AvgIpc) is 3.14. The minimum absolute atomic E-state index is 0.732. The lowest BCUT2D eigenvalue weighted by Gasteiger charge is -2.29. The summed E-state index contributed by atoms with van der Waals surface area (Å²) in [5, 5.41) is 3.36. The van der Waals surface area contributed by atoms with Crippen molar-refractivity contribution < 1.29 is 0 Å². The minimum Gasteiger partial charge on any atom is -0.354 e. The van der Waals surface area contributed by atoms with Crippen LogP contribution < -0.4 is 10.2 Å². The molecule has 1 aliphatic carbocycles. The van der Waals surface area contributed by atoms with Gasteiger partial charge in [0.2, 0.25) is 0 Å². The Balaban J connectivity index is 1.88. The molecule has 3 rings (SSSR count). The predicted molar refractivity (Wildman–Crippen MR) is 59.1 cm³/mol. The number of hydrogen-bond acceptors (Lipinski definition) is 4. The Morgan fingerprint density at radius 3 is 2.80 bits per heavy atom. The van der Waals surface area contributed by atoms with E-state index in [0.29, 0.717) is 0 Å². The summed E-state index contributed by atoms with van der Waals surface area (Å²) in [4.78, 5) is 11.0. The first-order valence-electron chi connectivity index (χ1n) is 5.71. The number of anilines is 1. The Morgan fingerprint density at radius 2 is 2.07 bits per heavy atom. The molecule has 0 unspecified atom stereocenters. The number of nitrogens with one attached hydrogen (secondary N) is 1. The summed E-state index contributed by atoms with van der Waals surface area (Å²) in [6.45, 7) is 4.26. The maximum absolute atomic E-state index is 4.45. The van der Waals surface area contributed by atoms with Gasteiger partial charge in [-0.05, 0) is 18.8 Å². The Hall–Kier alpha value is -1.16. The van der Waals surface area contributed by atoms with Crippen LogP contribution in [-0.2, 0) is 0 Å². The van der Waals surface area contributed by atoms with Crippen LogP contribution in [0.4, 0.5) is 5.82 Å². The van der Waals surface area contributed by atoms with Gasteiger partial charge in [0, 0.05) is 37.9 Å². The second-order valence-corrected chi connectivity index (χ2v) is 4.31. The number of nitrogens with zero attached hydrogens (tertiary/aromatic N) is 3. The Bertz CT molecular complexity index is 342. The van der Waals surface area contributed by atoms with Crippen molar-refractivity contribution >= 4 is 5.82 Å². The van der Waals surface area contributed by atoms with Crippen molar-refractivity contribution in [2.45, 2.75) is 18.8 Å². The lowest BCUT2D eigenvalue weighted by Crippen LogP contribution is -2.44. The molecule has 1 saturated carbocycles. The Morgan fingerprint density at radius 1 is 1.27 bits per heavy atom. The van der Waals surface area contributed by atoms with Crippen LogP contribution in [-0.4, -0.2) is 36.1 Å². The quantitative estimate of drug-likeness (QED) is 0.772. The van der Waals surface area contributed by atoms with E-state index < -0.39 is 0 Å². The van der Waals surface area contributed by atoms with E-state index in [4.69, 9.17) is 0 Å². The van der Waals surface area contributed by atoms with E-state index in [1.807, 2.05) is 6.20 Å². The minimum atomic E-state index is 0.732. The molecular weight excluding hydrogens is 188 g/mol. The number of piperazine rings is 1. The van der Waals surface area contributed by atoms with Gasteiger partial charge in [-0.1, -0.05) is 0 Å². The van der Waals surface area contributed by atoms with Crippen molar-refractivity contribution in [3.05, 3.63) is 18.1 Å². The smallest absolute Gasteiger partial charge is 0.135 e. The Labute approximate surface area is 89.7 Å². The van der Waals surface area contributed by atoms with Crippen LogP contribution in [0.2, 0.25) is 0 Å². The molecule has 4 heteroatoms. The van der Waals surface area contributed by atoms with Crippen molar-refractivity contribution in [1.82, 2.24) is 15.3 Å². The van der Waals surface area contributed by atoms with Gasteiger partial charge in [0.05, 0.1) is 0 Å². The molecule has 1 aromatic rings. The highest BCUT2D eigenvalue weighted by atomic mass is 15.2. The summed E-state index contributed by atoms with van der Waals surface area (Å²) in [6.07, 6.45) is 6.30. The molecule has 0 radical (unpaired) electrons. The summed E-state index contributed by atoms with van der Waals surface area (Å²) in [5.74, 6) is 1.91. The fourth-order valence-electron chi connectivity index (χ4n) is 2.16. The highest BCUT2D eigenvalue weighted by molar-refractivity contribution is 5.49. The number of aromatic nitrogens is 2. The normalized spacial score (nSPS) is 21.7. The Kier molecular flexibility index (Phi) is 2.29. The van der Waals surface area contributed by atoms with Crippen LogP contribution >= 0.6 is 0 Å². The highest BCUT2D eigenvalue weighted by Crippen LogP contribution is 2.43. The van der Waals surface area contributed by atoms with Crippen molar-refractivity contribution in [3.63, 3.8) is 0 Å². The summed E-state index contributed by atoms with van der Waals surface area (Å²) >= 11 is 0. The average molecular weight is 204 g/mol. The summed E-state index contributed by atoms with van der Waals surface area (Å²) in [6, 6.07) is 0. The van der Waals surface area contributed by atoms with Gasteiger partial charge in [0.15, 0.2) is 0 Å². The molecule has 1 saturated heterocycles. The molecule has 80 valence electrons. The van der Waals surface area contributed by atoms with Crippen LogP contribution in [0.1, 0.15) is 24.3 Å². The molecule has 2 heterocycles. The molecule has 0 atom stereocenters. The standard InChI is InChI=1S/C11H16N4/c1-2-9(1)10-7-13-8-14-11(10)15-5-3-12-4-6-15/h7-9,12H,1-6H2. The molecular formula is C11H16N4. The lowest BCUT2D eigenvalue weighted by atomic mass is 10.2. The van der Waals surface area contributed by atoms with E-state index in [9.17, 15) is 0 Å². The first kappa shape index (κ1) is 9.09. The zero-order chi connectivity index (χ0) is 10.1. The zero-order valence-electron chi connectivity index (χ0n) is 8.82. The fraction of sp³-hybridized carbons (Fsp3) is 0.636. The summed E-state index contributed by atoms with van der Waals surface area (Å²) < 4.78 is 0. The van der Waals surface area contributed by atoms with Gasteiger partial charge < -0.3 is 10.2 Å². The first-order valence-corrected chi connectivity index (χ1v) is 5.71. The van der Waals surface area contributed by atoms with Gasteiger partial charge >= 0.3 is 0 Å². The largest absolute Gasteiger partial charge is 0.354 e. The maximum Gasteiger partial charge on any atom is 0.135 e. The maximum atomic E-state index is 4.45. The lowest BCUT2D eigenvalue weighted by molar-refractivity contribution is 0.582. The van der Waals surface area contributed by atoms with Crippen molar-refractivity contribution in [2.24, 2.45) is 0 Å². The second-order valence-electron chi connectivity index (χ2n) is 4.31. The van der Waals surface area contributed by atoms with E-state index in [1.54, 1.807) is 6.33 Å². The van der Waals surface area contributed by atoms with E-state index in [-0.39, 0.29) is 0 Å². The van der Waals surface area contributed by atoms with Gasteiger partial charge in [-0.2, -0.15) is 0 Å². The van der Waals surface area contributed by atoms with Crippen molar-refractivity contribution in [3.8, 4) is 0 Å². The second kappa shape index (κ2) is 3.77. The third-order valence-corrected chi connectivity index (χ3v) is 3.15. The van der Waals surface area contributed by atoms with E-state index in [0.717, 1.165) is 32.1 Å². The third-order valence-electron chi connectivity index (χ3n) is 3.15. The van der Waals surface area contributed by atoms with E-state index >= 15 is 0 Å². The number of hydrogen-bond donors (Lipinski definition) is 1. The molecule has 0 aromatic carbocycles. The molecule has 15 heavy (non-hydrogen) atoms. The van der Waals surface area contributed by atoms with Crippen LogP contribution in [0.25, 0.3) is 0 Å². The van der Waals surface area contributed by atoms with Gasteiger partial charge in [0.1, 0.15) is 12.1 Å². The van der Waals surface area contributed by atoms with Crippen LogP contribution in [0, 0.1) is 0 Å². The highest BCUT2D eigenvalue weighted by Gasteiger charge is 2.29. The fourth-order valence-corrected chi connectivity index (χ4v) is 2.16. The molecule has 1 aliphatic heterocycles. The molecule has 0 spiro atoms. The molecule has 2 aliphatic rings. The summed E-state index contributed by atoms with van der Waals surface area (Å²) in [5.41, 5.74) is 1.36. The molecule has 0 amide bonds. The van der Waals surface area contributed by atoms with Crippen LogP contribution in [0.15, 0.2) is 12.5 Å². The van der Waals surface area contributed by atoms with E-state index in [2.05, 4.69) is 20.2 Å². The zero-order valence-corrected chi connectivity index (χ0v) is 8.82. The molecule has 0 bridgehead atoms.